The molecule has 13 heavy (non-hydrogen) atoms. The molecule has 0 fully saturated rings. The fraction of sp³-hybridized carbons (Fsp3) is 0.250. The van der Waals surface area contributed by atoms with Gasteiger partial charge in [0.1, 0.15) is 18.8 Å². The maximum absolute atomic E-state index is 8.38. The summed E-state index contributed by atoms with van der Waals surface area (Å²) >= 11 is 3.28. The molecule has 1 heterocycles. The van der Waals surface area contributed by atoms with E-state index in [9.17, 15) is 0 Å². The number of halogens is 1. The second-order valence-electron chi connectivity index (χ2n) is 2.08. The van der Waals surface area contributed by atoms with Crippen LogP contribution in [0.4, 0.5) is 5.82 Å². The van der Waals surface area contributed by atoms with E-state index in [0.717, 1.165) is 4.47 Å². The summed E-state index contributed by atoms with van der Waals surface area (Å²) in [6.07, 6.45) is 3.10. The van der Waals surface area contributed by atoms with Crippen molar-refractivity contribution in [1.82, 2.24) is 9.97 Å². The third kappa shape index (κ3) is 3.40. The molecule has 2 N–H and O–H groups in total. The van der Waals surface area contributed by atoms with Crippen molar-refractivity contribution >= 4 is 21.7 Å². The van der Waals surface area contributed by atoms with Gasteiger partial charge in [-0.25, -0.2) is 9.97 Å². The van der Waals surface area contributed by atoms with Crippen molar-refractivity contribution in [3.8, 4) is 11.8 Å². The van der Waals surface area contributed by atoms with Gasteiger partial charge >= 0.3 is 0 Å². The maximum atomic E-state index is 8.38. The molecule has 1 rings (SSSR count). The number of aliphatic hydroxyl groups is 1. The Morgan fingerprint density at radius 1 is 1.54 bits per heavy atom. The number of nitrogens with one attached hydrogen (secondary N) is 1. The van der Waals surface area contributed by atoms with Gasteiger partial charge in [-0.1, -0.05) is 11.8 Å². The molecule has 0 aliphatic carbocycles. The van der Waals surface area contributed by atoms with Crippen LogP contribution in [0.15, 0.2) is 17.0 Å². The van der Waals surface area contributed by atoms with Gasteiger partial charge in [0.05, 0.1) is 11.0 Å². The SMILES string of the molecule is OCC#CCNc1ncncc1Br. The Morgan fingerprint density at radius 3 is 3.08 bits per heavy atom. The summed E-state index contributed by atoms with van der Waals surface area (Å²) in [6.45, 7) is 0.336. The zero-order chi connectivity index (χ0) is 9.52. The highest BCUT2D eigenvalue weighted by Crippen LogP contribution is 2.16. The van der Waals surface area contributed by atoms with Gasteiger partial charge < -0.3 is 10.4 Å². The molecule has 0 spiro atoms. The quantitative estimate of drug-likeness (QED) is 0.747. The normalized spacial score (nSPS) is 8.77. The van der Waals surface area contributed by atoms with Crippen LogP contribution in [0.2, 0.25) is 0 Å². The Hall–Kier alpha value is -1.12. The number of anilines is 1. The predicted octanol–water partition coefficient (Wildman–Crippen LogP) is 0.647. The molecule has 0 bridgehead atoms. The molecule has 0 atom stereocenters. The standard InChI is InChI=1S/C8H8BrN3O/c9-7-5-10-6-12-8(7)11-3-1-2-4-13/h5-6,13H,3-4H2,(H,10,11,12). The van der Waals surface area contributed by atoms with Gasteiger partial charge in [-0.05, 0) is 15.9 Å². The first-order valence-corrected chi connectivity index (χ1v) is 4.40. The first-order valence-electron chi connectivity index (χ1n) is 3.60. The van der Waals surface area contributed by atoms with Crippen LogP contribution in [0.1, 0.15) is 0 Å². The summed E-state index contributed by atoms with van der Waals surface area (Å²) in [5.41, 5.74) is 0. The van der Waals surface area contributed by atoms with Gasteiger partial charge in [-0.3, -0.25) is 0 Å². The first-order chi connectivity index (χ1) is 6.34. The van der Waals surface area contributed by atoms with Crippen molar-refractivity contribution in [1.29, 1.82) is 0 Å². The van der Waals surface area contributed by atoms with Crippen LogP contribution in [0, 0.1) is 11.8 Å². The van der Waals surface area contributed by atoms with Gasteiger partial charge in [0.25, 0.3) is 0 Å². The van der Waals surface area contributed by atoms with Crippen LogP contribution in [-0.2, 0) is 0 Å². The fourth-order valence-electron chi connectivity index (χ4n) is 0.689. The minimum absolute atomic E-state index is 0.118. The van der Waals surface area contributed by atoms with Gasteiger partial charge in [-0.15, -0.1) is 0 Å². The average Bonchev–Trinajstić information content (AvgIpc) is 2.15. The van der Waals surface area contributed by atoms with Crippen molar-refractivity contribution in [3.05, 3.63) is 17.0 Å². The summed E-state index contributed by atoms with van der Waals surface area (Å²) in [6, 6.07) is 0. The molecule has 0 aliphatic heterocycles. The molecule has 0 aliphatic rings. The van der Waals surface area contributed by atoms with Crippen molar-refractivity contribution in [2.75, 3.05) is 18.5 Å². The van der Waals surface area contributed by atoms with Crippen LogP contribution < -0.4 is 5.32 Å². The molecule has 0 saturated carbocycles. The molecule has 1 aromatic heterocycles. The lowest BCUT2D eigenvalue weighted by molar-refractivity contribution is 0.350. The largest absolute Gasteiger partial charge is 0.384 e. The fourth-order valence-corrected chi connectivity index (χ4v) is 1.05. The van der Waals surface area contributed by atoms with Crippen LogP contribution in [-0.4, -0.2) is 28.2 Å². The number of aliphatic hydroxyl groups excluding tert-OH is 1. The van der Waals surface area contributed by atoms with Crippen molar-refractivity contribution in [3.63, 3.8) is 0 Å². The summed E-state index contributed by atoms with van der Waals surface area (Å²) in [5, 5.41) is 11.3. The lowest BCUT2D eigenvalue weighted by Crippen LogP contribution is -2.02. The van der Waals surface area contributed by atoms with E-state index in [-0.39, 0.29) is 6.61 Å². The van der Waals surface area contributed by atoms with Crippen LogP contribution in [0.3, 0.4) is 0 Å². The zero-order valence-electron chi connectivity index (χ0n) is 6.79. The Morgan fingerprint density at radius 2 is 2.38 bits per heavy atom. The Labute approximate surface area is 84.5 Å². The van der Waals surface area contributed by atoms with Gasteiger partial charge in [0.2, 0.25) is 0 Å². The molecular weight excluding hydrogens is 234 g/mol. The Balaban J connectivity index is 2.50. The summed E-state index contributed by atoms with van der Waals surface area (Å²) < 4.78 is 0.792. The van der Waals surface area contributed by atoms with Gasteiger partial charge in [0.15, 0.2) is 0 Å². The molecular formula is C8H8BrN3O. The topological polar surface area (TPSA) is 58.0 Å². The third-order valence-electron chi connectivity index (χ3n) is 1.22. The van der Waals surface area contributed by atoms with Crippen LogP contribution >= 0.6 is 15.9 Å². The highest BCUT2D eigenvalue weighted by Gasteiger charge is 1.96. The zero-order valence-corrected chi connectivity index (χ0v) is 8.37. The smallest absolute Gasteiger partial charge is 0.144 e. The predicted molar refractivity (Wildman–Crippen MR) is 53.1 cm³/mol. The van der Waals surface area contributed by atoms with E-state index in [0.29, 0.717) is 12.4 Å². The maximum Gasteiger partial charge on any atom is 0.144 e. The second-order valence-corrected chi connectivity index (χ2v) is 2.94. The number of nitrogens with zero attached hydrogens (tertiary/aromatic N) is 2. The van der Waals surface area contributed by atoms with Crippen molar-refractivity contribution in [2.45, 2.75) is 0 Å². The van der Waals surface area contributed by atoms with Crippen LogP contribution in [0.25, 0.3) is 0 Å². The van der Waals surface area contributed by atoms with E-state index in [1.54, 1.807) is 6.20 Å². The van der Waals surface area contributed by atoms with Crippen LogP contribution in [0.5, 0.6) is 0 Å². The highest BCUT2D eigenvalue weighted by molar-refractivity contribution is 9.10. The molecule has 0 saturated heterocycles. The lowest BCUT2D eigenvalue weighted by atomic mass is 10.5. The molecule has 0 radical (unpaired) electrons. The molecule has 4 nitrogen and oxygen atoms in total. The van der Waals surface area contributed by atoms with E-state index in [2.05, 4.69) is 43.1 Å². The van der Waals surface area contributed by atoms with E-state index in [1.807, 2.05) is 0 Å². The molecule has 0 unspecified atom stereocenters. The molecule has 0 amide bonds. The summed E-state index contributed by atoms with van der Waals surface area (Å²) in [4.78, 5) is 7.79. The molecule has 1 aromatic rings. The van der Waals surface area contributed by atoms with Gasteiger partial charge in [-0.2, -0.15) is 0 Å². The second kappa shape index (κ2) is 5.51. The highest BCUT2D eigenvalue weighted by atomic mass is 79.9. The third-order valence-corrected chi connectivity index (χ3v) is 1.80. The number of rotatable bonds is 2. The summed E-state index contributed by atoms with van der Waals surface area (Å²) in [7, 11) is 0. The van der Waals surface area contributed by atoms with E-state index < -0.39 is 0 Å². The van der Waals surface area contributed by atoms with E-state index >= 15 is 0 Å². The summed E-state index contributed by atoms with van der Waals surface area (Å²) in [5.74, 6) is 5.94. The first kappa shape index (κ1) is 9.96. The van der Waals surface area contributed by atoms with Crippen molar-refractivity contribution < 1.29 is 5.11 Å². The molecule has 5 heteroatoms. The van der Waals surface area contributed by atoms with E-state index in [4.69, 9.17) is 5.11 Å². The minimum atomic E-state index is -0.118. The molecule has 68 valence electrons. The average molecular weight is 242 g/mol. The monoisotopic (exact) mass is 241 g/mol. The minimum Gasteiger partial charge on any atom is -0.384 e. The van der Waals surface area contributed by atoms with Gasteiger partial charge in [0, 0.05) is 6.20 Å². The Kier molecular flexibility index (Phi) is 4.23. The lowest BCUT2D eigenvalue weighted by Gasteiger charge is -2.01. The number of hydrogen-bond donors (Lipinski definition) is 2. The van der Waals surface area contributed by atoms with E-state index in [1.165, 1.54) is 6.33 Å². The molecule has 0 aromatic carbocycles. The van der Waals surface area contributed by atoms with Crippen molar-refractivity contribution in [2.24, 2.45) is 0 Å². The Bertz CT molecular complexity index is 332. The number of aromatic nitrogens is 2. The number of hydrogen-bond acceptors (Lipinski definition) is 4.